The number of halogens is 5. The smallest absolute Gasteiger partial charge is 0.396 e. The van der Waals surface area contributed by atoms with Gasteiger partial charge in [-0.05, 0) is 24.1 Å². The van der Waals surface area contributed by atoms with E-state index in [0.717, 1.165) is 16.3 Å². The molecule has 1 aromatic heterocycles. The van der Waals surface area contributed by atoms with Gasteiger partial charge in [-0.15, -0.1) is 0 Å². The van der Waals surface area contributed by atoms with Crippen LogP contribution in [0.25, 0.3) is 0 Å². The first-order valence-electron chi connectivity index (χ1n) is 7.51. The van der Waals surface area contributed by atoms with Crippen LogP contribution in [0.15, 0.2) is 28.1 Å². The van der Waals surface area contributed by atoms with Crippen molar-refractivity contribution in [2.24, 2.45) is 0 Å². The summed E-state index contributed by atoms with van der Waals surface area (Å²) >= 11 is 13.1. The fraction of sp³-hybridized carbons (Fsp3) is 0.438. The molecule has 0 fully saturated rings. The molecular formula is C16H17Cl2F3N2OS. The first-order chi connectivity index (χ1) is 11.6. The third-order valence-electron chi connectivity index (χ3n) is 3.30. The normalized spacial score (nSPS) is 12.2. The lowest BCUT2D eigenvalue weighted by atomic mass is 10.1. The number of benzene rings is 1. The molecule has 138 valence electrons. The lowest BCUT2D eigenvalue weighted by molar-refractivity contribution is -0.142. The van der Waals surface area contributed by atoms with E-state index < -0.39 is 12.7 Å². The topological polar surface area (TPSA) is 38.1 Å². The molecule has 0 aliphatic rings. The number of aromatic nitrogens is 2. The number of hydrogen-bond acceptors (Lipinski definition) is 3. The quantitative estimate of drug-likeness (QED) is 0.674. The van der Waals surface area contributed by atoms with Crippen molar-refractivity contribution in [3.8, 4) is 0 Å². The van der Waals surface area contributed by atoms with E-state index in [1.807, 2.05) is 13.8 Å². The molecule has 0 saturated carbocycles. The van der Waals surface area contributed by atoms with E-state index in [2.05, 4.69) is 4.98 Å². The van der Waals surface area contributed by atoms with Gasteiger partial charge in [0.05, 0.1) is 12.3 Å². The summed E-state index contributed by atoms with van der Waals surface area (Å²) in [5, 5.41) is 10.4. The van der Waals surface area contributed by atoms with Gasteiger partial charge in [0.1, 0.15) is 17.4 Å². The summed E-state index contributed by atoms with van der Waals surface area (Å²) in [6, 6.07) is 4.83. The molecule has 9 heteroatoms. The van der Waals surface area contributed by atoms with Gasteiger partial charge < -0.3 is 9.67 Å². The minimum atomic E-state index is -4.40. The van der Waals surface area contributed by atoms with E-state index in [9.17, 15) is 13.2 Å². The van der Waals surface area contributed by atoms with Gasteiger partial charge in [0.15, 0.2) is 0 Å². The number of rotatable bonds is 6. The zero-order valence-electron chi connectivity index (χ0n) is 13.6. The highest BCUT2D eigenvalue weighted by Crippen LogP contribution is 2.38. The van der Waals surface area contributed by atoms with Crippen LogP contribution in [-0.2, 0) is 13.0 Å². The number of imidazole rings is 1. The molecule has 0 saturated heterocycles. The molecule has 2 aromatic rings. The monoisotopic (exact) mass is 412 g/mol. The standard InChI is InChI=1S/C16H17Cl2F3N2OS/c1-9(2)14-15(25-12-6-10(17)5-11(18)7-12)23(8-16(19,20)21)13(22-14)3-4-24/h5-7,9,24H,3-4,8H2,1-2H3. The van der Waals surface area contributed by atoms with E-state index in [0.29, 0.717) is 25.7 Å². The molecule has 0 atom stereocenters. The fourth-order valence-corrected chi connectivity index (χ4v) is 4.23. The van der Waals surface area contributed by atoms with Crippen LogP contribution < -0.4 is 0 Å². The van der Waals surface area contributed by atoms with Crippen molar-refractivity contribution in [1.82, 2.24) is 9.55 Å². The minimum Gasteiger partial charge on any atom is -0.396 e. The van der Waals surface area contributed by atoms with Gasteiger partial charge in [0.2, 0.25) is 0 Å². The maximum absolute atomic E-state index is 13.1. The van der Waals surface area contributed by atoms with Gasteiger partial charge in [-0.1, -0.05) is 48.8 Å². The highest BCUT2D eigenvalue weighted by molar-refractivity contribution is 7.99. The van der Waals surface area contributed by atoms with E-state index in [4.69, 9.17) is 28.3 Å². The van der Waals surface area contributed by atoms with Crippen molar-refractivity contribution < 1.29 is 18.3 Å². The molecule has 0 radical (unpaired) electrons. The van der Waals surface area contributed by atoms with E-state index >= 15 is 0 Å². The van der Waals surface area contributed by atoms with Crippen LogP contribution in [0.3, 0.4) is 0 Å². The Hall–Kier alpha value is -0.890. The molecule has 0 bridgehead atoms. The van der Waals surface area contributed by atoms with Gasteiger partial charge in [-0.3, -0.25) is 0 Å². The van der Waals surface area contributed by atoms with Crippen molar-refractivity contribution in [2.45, 2.75) is 48.8 Å². The van der Waals surface area contributed by atoms with Crippen molar-refractivity contribution in [2.75, 3.05) is 6.61 Å². The second kappa shape index (κ2) is 8.20. The number of hydrogen-bond donors (Lipinski definition) is 1. The molecule has 1 aromatic carbocycles. The predicted octanol–water partition coefficient (Wildman–Crippen LogP) is 5.56. The molecule has 1 N–H and O–H groups in total. The first-order valence-corrected chi connectivity index (χ1v) is 9.09. The molecule has 0 unspecified atom stereocenters. The van der Waals surface area contributed by atoms with E-state index in [1.165, 1.54) is 0 Å². The SMILES string of the molecule is CC(C)c1nc(CCO)n(CC(F)(F)F)c1Sc1cc(Cl)cc(Cl)c1. The maximum atomic E-state index is 13.1. The number of aliphatic hydroxyl groups is 1. The van der Waals surface area contributed by atoms with Crippen LogP contribution in [0.1, 0.15) is 31.3 Å². The Bertz CT molecular complexity index is 727. The summed E-state index contributed by atoms with van der Waals surface area (Å²) < 4.78 is 40.3. The van der Waals surface area contributed by atoms with Gasteiger partial charge >= 0.3 is 6.18 Å². The van der Waals surface area contributed by atoms with Gasteiger partial charge in [0, 0.05) is 21.4 Å². The zero-order chi connectivity index (χ0) is 18.8. The Balaban J connectivity index is 2.55. The average Bonchev–Trinajstić information content (AvgIpc) is 2.75. The second-order valence-electron chi connectivity index (χ2n) is 5.76. The van der Waals surface area contributed by atoms with E-state index in [1.54, 1.807) is 18.2 Å². The van der Waals surface area contributed by atoms with Crippen LogP contribution in [-0.4, -0.2) is 27.4 Å². The van der Waals surface area contributed by atoms with Gasteiger partial charge in [-0.2, -0.15) is 13.2 Å². The summed E-state index contributed by atoms with van der Waals surface area (Å²) in [6.45, 7) is 2.27. The van der Waals surface area contributed by atoms with Crippen molar-refractivity contribution in [3.63, 3.8) is 0 Å². The van der Waals surface area contributed by atoms with Crippen LogP contribution in [0.5, 0.6) is 0 Å². The summed E-state index contributed by atoms with van der Waals surface area (Å²) in [7, 11) is 0. The Labute approximate surface area is 158 Å². The Morgan fingerprint density at radius 2 is 1.80 bits per heavy atom. The van der Waals surface area contributed by atoms with Gasteiger partial charge in [0.25, 0.3) is 0 Å². The molecule has 0 spiro atoms. The van der Waals surface area contributed by atoms with Crippen LogP contribution in [0, 0.1) is 0 Å². The Kier molecular flexibility index (Phi) is 6.70. The molecule has 2 rings (SSSR count). The summed E-state index contributed by atoms with van der Waals surface area (Å²) in [6.07, 6.45) is -4.35. The van der Waals surface area contributed by atoms with Crippen molar-refractivity contribution in [1.29, 1.82) is 0 Å². The third-order valence-corrected chi connectivity index (χ3v) is 4.83. The molecule has 25 heavy (non-hydrogen) atoms. The van der Waals surface area contributed by atoms with Crippen molar-refractivity contribution >= 4 is 35.0 Å². The summed E-state index contributed by atoms with van der Waals surface area (Å²) in [5.41, 5.74) is 0.550. The summed E-state index contributed by atoms with van der Waals surface area (Å²) in [4.78, 5) is 4.96. The molecule has 0 amide bonds. The van der Waals surface area contributed by atoms with Crippen LogP contribution >= 0.6 is 35.0 Å². The maximum Gasteiger partial charge on any atom is 0.406 e. The third kappa shape index (κ3) is 5.54. The summed E-state index contributed by atoms with van der Waals surface area (Å²) in [5.74, 6) is 0.128. The molecular weight excluding hydrogens is 396 g/mol. The minimum absolute atomic E-state index is 0.0483. The molecule has 0 aliphatic carbocycles. The lowest BCUT2D eigenvalue weighted by Crippen LogP contribution is -2.20. The number of nitrogens with zero attached hydrogens (tertiary/aromatic N) is 2. The number of aliphatic hydroxyl groups excluding tert-OH is 1. The van der Waals surface area contributed by atoms with Crippen molar-refractivity contribution in [3.05, 3.63) is 39.8 Å². The largest absolute Gasteiger partial charge is 0.406 e. The average molecular weight is 413 g/mol. The molecule has 1 heterocycles. The fourth-order valence-electron chi connectivity index (χ4n) is 2.32. The van der Waals surface area contributed by atoms with Gasteiger partial charge in [-0.25, -0.2) is 4.98 Å². The van der Waals surface area contributed by atoms with Crippen LogP contribution in [0.4, 0.5) is 13.2 Å². The highest BCUT2D eigenvalue weighted by Gasteiger charge is 2.32. The predicted molar refractivity (Wildman–Crippen MR) is 93.7 cm³/mol. The Morgan fingerprint density at radius 3 is 2.28 bits per heavy atom. The van der Waals surface area contributed by atoms with Crippen LogP contribution in [0.2, 0.25) is 10.0 Å². The molecule has 0 aliphatic heterocycles. The lowest BCUT2D eigenvalue weighted by Gasteiger charge is -2.15. The number of alkyl halides is 3. The zero-order valence-corrected chi connectivity index (χ0v) is 15.9. The van der Waals surface area contributed by atoms with E-state index in [-0.39, 0.29) is 24.8 Å². The highest BCUT2D eigenvalue weighted by atomic mass is 35.5. The first kappa shape index (κ1) is 20.4. The Morgan fingerprint density at radius 1 is 1.20 bits per heavy atom. The second-order valence-corrected chi connectivity index (χ2v) is 7.69. The molecule has 3 nitrogen and oxygen atoms in total.